The predicted molar refractivity (Wildman–Crippen MR) is 73.5 cm³/mol. The minimum atomic E-state index is 0.113. The quantitative estimate of drug-likeness (QED) is 0.891. The van der Waals surface area contributed by atoms with E-state index in [4.69, 9.17) is 10.2 Å². The van der Waals surface area contributed by atoms with Crippen molar-refractivity contribution in [3.8, 4) is 0 Å². The number of hydrogen-bond donors (Lipinski definition) is 1. The molecule has 2 N–H and O–H groups in total. The first-order valence-electron chi connectivity index (χ1n) is 6.40. The molecule has 19 heavy (non-hydrogen) atoms. The lowest BCUT2D eigenvalue weighted by Crippen LogP contribution is -2.26. The highest BCUT2D eigenvalue weighted by Gasteiger charge is 2.10. The number of aryl methyl sites for hydroxylation is 1. The molecule has 0 spiro atoms. The minimum absolute atomic E-state index is 0.113. The molecule has 5 nitrogen and oxygen atoms in total. The van der Waals surface area contributed by atoms with Crippen LogP contribution in [0.25, 0.3) is 11.1 Å². The maximum Gasteiger partial charge on any atom is 0.222 e. The van der Waals surface area contributed by atoms with Gasteiger partial charge in [-0.3, -0.25) is 4.79 Å². The zero-order valence-electron chi connectivity index (χ0n) is 11.3. The Morgan fingerprint density at radius 1 is 1.47 bits per heavy atom. The summed E-state index contributed by atoms with van der Waals surface area (Å²) in [5.41, 5.74) is 8.06. The van der Waals surface area contributed by atoms with E-state index in [-0.39, 0.29) is 5.91 Å². The summed E-state index contributed by atoms with van der Waals surface area (Å²) >= 11 is 0. The van der Waals surface area contributed by atoms with Gasteiger partial charge in [-0.2, -0.15) is 0 Å². The van der Waals surface area contributed by atoms with Gasteiger partial charge in [-0.15, -0.1) is 0 Å². The molecule has 1 heterocycles. The van der Waals surface area contributed by atoms with E-state index in [1.807, 2.05) is 25.1 Å². The number of hydrogen-bond acceptors (Lipinski definition) is 4. The Morgan fingerprint density at radius 2 is 2.26 bits per heavy atom. The summed E-state index contributed by atoms with van der Waals surface area (Å²) in [6, 6.07) is 5.81. The third kappa shape index (κ3) is 3.32. The molecule has 102 valence electrons. The van der Waals surface area contributed by atoms with Crippen LogP contribution in [0, 0.1) is 6.92 Å². The van der Waals surface area contributed by atoms with E-state index in [9.17, 15) is 4.79 Å². The van der Waals surface area contributed by atoms with Crippen LogP contribution < -0.4 is 5.73 Å². The number of aromatic nitrogens is 1. The van der Waals surface area contributed by atoms with E-state index in [2.05, 4.69) is 4.98 Å². The molecule has 1 aromatic heterocycles. The van der Waals surface area contributed by atoms with Crippen LogP contribution in [0.2, 0.25) is 0 Å². The summed E-state index contributed by atoms with van der Waals surface area (Å²) in [5.74, 6) is 0.765. The van der Waals surface area contributed by atoms with Gasteiger partial charge in [0.2, 0.25) is 5.91 Å². The summed E-state index contributed by atoms with van der Waals surface area (Å²) in [6.45, 7) is 2.94. The van der Waals surface area contributed by atoms with Gasteiger partial charge in [0.25, 0.3) is 0 Å². The predicted octanol–water partition coefficient (Wildman–Crippen LogP) is 1.83. The molecule has 0 unspecified atom stereocenters. The first-order chi connectivity index (χ1) is 9.10. The molecule has 0 fully saturated rings. The number of rotatable bonds is 5. The van der Waals surface area contributed by atoms with Crippen molar-refractivity contribution >= 4 is 17.0 Å². The van der Waals surface area contributed by atoms with Crippen molar-refractivity contribution in [3.05, 3.63) is 29.7 Å². The molecule has 0 saturated heterocycles. The van der Waals surface area contributed by atoms with E-state index in [1.54, 1.807) is 11.9 Å². The van der Waals surface area contributed by atoms with Crippen LogP contribution in [-0.4, -0.2) is 29.4 Å². The molecule has 1 amide bonds. The van der Waals surface area contributed by atoms with Gasteiger partial charge < -0.3 is 15.1 Å². The average Bonchev–Trinajstić information content (AvgIpc) is 2.75. The lowest BCUT2D eigenvalue weighted by atomic mass is 10.2. The maximum atomic E-state index is 11.8. The van der Waals surface area contributed by atoms with Crippen LogP contribution in [0.5, 0.6) is 0 Å². The first-order valence-corrected chi connectivity index (χ1v) is 6.40. The lowest BCUT2D eigenvalue weighted by molar-refractivity contribution is -0.130. The Bertz CT molecular complexity index is 577. The van der Waals surface area contributed by atoms with Crippen LogP contribution >= 0.6 is 0 Å². The number of oxazole rings is 1. The van der Waals surface area contributed by atoms with Crippen molar-refractivity contribution in [1.29, 1.82) is 0 Å². The number of amides is 1. The van der Waals surface area contributed by atoms with Crippen LogP contribution in [0.15, 0.2) is 22.6 Å². The zero-order valence-corrected chi connectivity index (χ0v) is 11.3. The second-order valence-corrected chi connectivity index (χ2v) is 4.68. The Morgan fingerprint density at radius 3 is 3.00 bits per heavy atom. The van der Waals surface area contributed by atoms with E-state index >= 15 is 0 Å². The van der Waals surface area contributed by atoms with Crippen LogP contribution in [0.4, 0.5) is 0 Å². The van der Waals surface area contributed by atoms with Gasteiger partial charge >= 0.3 is 0 Å². The largest absolute Gasteiger partial charge is 0.441 e. The van der Waals surface area contributed by atoms with Crippen molar-refractivity contribution in [2.45, 2.75) is 26.3 Å². The number of carbonyl (C=O) groups is 1. The number of benzene rings is 1. The molecule has 0 radical (unpaired) electrons. The second kappa shape index (κ2) is 5.84. The van der Waals surface area contributed by atoms with Gasteiger partial charge in [0.15, 0.2) is 11.5 Å². The highest BCUT2D eigenvalue weighted by molar-refractivity contribution is 5.76. The summed E-state index contributed by atoms with van der Waals surface area (Å²) in [4.78, 5) is 17.8. The average molecular weight is 261 g/mol. The Hall–Kier alpha value is -1.88. The topological polar surface area (TPSA) is 72.4 Å². The van der Waals surface area contributed by atoms with Crippen LogP contribution in [0.3, 0.4) is 0 Å². The van der Waals surface area contributed by atoms with E-state index in [1.165, 1.54) is 0 Å². The molecule has 5 heteroatoms. The molecule has 1 aromatic carbocycles. The van der Waals surface area contributed by atoms with E-state index < -0.39 is 0 Å². The molecule has 0 bridgehead atoms. The van der Waals surface area contributed by atoms with Gasteiger partial charge in [-0.05, 0) is 30.7 Å². The molecule has 2 aromatic rings. The number of fused-ring (bicyclic) bond motifs is 1. The smallest absolute Gasteiger partial charge is 0.222 e. The van der Waals surface area contributed by atoms with Gasteiger partial charge in [-0.25, -0.2) is 4.98 Å². The van der Waals surface area contributed by atoms with Crippen molar-refractivity contribution in [1.82, 2.24) is 9.88 Å². The SMILES string of the molecule is Cc1nc2cc(CN(C)C(=O)CCCN)ccc2o1. The van der Waals surface area contributed by atoms with Gasteiger partial charge in [-0.1, -0.05) is 6.07 Å². The number of nitrogens with two attached hydrogens (primary N) is 1. The fraction of sp³-hybridized carbons (Fsp3) is 0.429. The Labute approximate surface area is 112 Å². The fourth-order valence-corrected chi connectivity index (χ4v) is 1.99. The minimum Gasteiger partial charge on any atom is -0.441 e. The summed E-state index contributed by atoms with van der Waals surface area (Å²) < 4.78 is 5.42. The summed E-state index contributed by atoms with van der Waals surface area (Å²) in [7, 11) is 1.80. The molecule has 0 aliphatic rings. The highest BCUT2D eigenvalue weighted by atomic mass is 16.3. The molecular weight excluding hydrogens is 242 g/mol. The first kappa shape index (κ1) is 13.5. The summed E-state index contributed by atoms with van der Waals surface area (Å²) in [6.07, 6.45) is 1.23. The van der Waals surface area contributed by atoms with Gasteiger partial charge in [0.05, 0.1) is 0 Å². The molecule has 0 atom stereocenters. The van der Waals surface area contributed by atoms with Gasteiger partial charge in [0, 0.05) is 26.9 Å². The normalized spacial score (nSPS) is 10.9. The summed E-state index contributed by atoms with van der Waals surface area (Å²) in [5, 5.41) is 0. The van der Waals surface area contributed by atoms with Crippen LogP contribution in [0.1, 0.15) is 24.3 Å². The Balaban J connectivity index is 2.05. The maximum absolute atomic E-state index is 11.8. The highest BCUT2D eigenvalue weighted by Crippen LogP contribution is 2.17. The molecule has 0 saturated carbocycles. The van der Waals surface area contributed by atoms with Crippen molar-refractivity contribution in [3.63, 3.8) is 0 Å². The number of nitrogens with zero attached hydrogens (tertiary/aromatic N) is 2. The van der Waals surface area contributed by atoms with E-state index in [0.717, 1.165) is 23.1 Å². The molecule has 2 rings (SSSR count). The second-order valence-electron chi connectivity index (χ2n) is 4.68. The number of carbonyl (C=O) groups excluding carboxylic acids is 1. The van der Waals surface area contributed by atoms with E-state index in [0.29, 0.717) is 25.4 Å². The van der Waals surface area contributed by atoms with Crippen molar-refractivity contribution < 1.29 is 9.21 Å². The van der Waals surface area contributed by atoms with Gasteiger partial charge in [0.1, 0.15) is 5.52 Å². The Kier molecular flexibility index (Phi) is 4.16. The molecular formula is C14H19N3O2. The zero-order chi connectivity index (χ0) is 13.8. The molecule has 0 aliphatic heterocycles. The third-order valence-corrected chi connectivity index (χ3v) is 3.00. The lowest BCUT2D eigenvalue weighted by Gasteiger charge is -2.17. The monoisotopic (exact) mass is 261 g/mol. The molecule has 0 aliphatic carbocycles. The van der Waals surface area contributed by atoms with Crippen LogP contribution in [-0.2, 0) is 11.3 Å². The standard InChI is InChI=1S/C14H19N3O2/c1-10-16-12-8-11(5-6-13(12)19-10)9-17(2)14(18)4-3-7-15/h5-6,8H,3-4,7,9,15H2,1-2H3. The fourth-order valence-electron chi connectivity index (χ4n) is 1.99. The third-order valence-electron chi connectivity index (χ3n) is 3.00. The van der Waals surface area contributed by atoms with Crippen molar-refractivity contribution in [2.24, 2.45) is 5.73 Å². The van der Waals surface area contributed by atoms with Crippen molar-refractivity contribution in [2.75, 3.05) is 13.6 Å².